The second-order valence-corrected chi connectivity index (χ2v) is 6.61. The minimum absolute atomic E-state index is 0.708. The van der Waals surface area contributed by atoms with Crippen LogP contribution in [0.4, 0.5) is 0 Å². The van der Waals surface area contributed by atoms with E-state index in [2.05, 4.69) is 51.3 Å². The van der Waals surface area contributed by atoms with E-state index in [1.807, 2.05) is 0 Å². The van der Waals surface area contributed by atoms with Crippen molar-refractivity contribution in [3.63, 3.8) is 0 Å². The van der Waals surface area contributed by atoms with Crippen LogP contribution in [0, 0.1) is 11.8 Å². The van der Waals surface area contributed by atoms with E-state index in [1.165, 1.54) is 32.6 Å². The molecule has 2 heteroatoms. The average Bonchev–Trinajstić information content (AvgIpc) is 2.25. The fraction of sp³-hybridized carbons (Fsp3) is 1.00. The molecule has 1 aliphatic rings. The molecule has 0 N–H and O–H groups in total. The molecular formula is C15H32N2. The molecule has 1 rings (SSSR count). The predicted octanol–water partition coefficient (Wildman–Crippen LogP) is 3.08. The average molecular weight is 240 g/mol. The molecule has 0 saturated carbocycles. The Morgan fingerprint density at radius 1 is 0.765 bits per heavy atom. The van der Waals surface area contributed by atoms with Gasteiger partial charge in [0.05, 0.1) is 0 Å². The van der Waals surface area contributed by atoms with Gasteiger partial charge in [-0.3, -0.25) is 9.80 Å². The summed E-state index contributed by atoms with van der Waals surface area (Å²) in [5.41, 5.74) is 0. The zero-order valence-corrected chi connectivity index (χ0v) is 12.7. The van der Waals surface area contributed by atoms with E-state index in [-0.39, 0.29) is 0 Å². The van der Waals surface area contributed by atoms with Crippen molar-refractivity contribution in [2.75, 3.05) is 26.2 Å². The normalized spacial score (nSPS) is 21.7. The van der Waals surface area contributed by atoms with Crippen LogP contribution in [0.2, 0.25) is 0 Å². The first kappa shape index (κ1) is 15.0. The molecule has 1 unspecified atom stereocenters. The van der Waals surface area contributed by atoms with E-state index in [1.54, 1.807) is 0 Å². The zero-order valence-electron chi connectivity index (χ0n) is 12.7. The van der Waals surface area contributed by atoms with E-state index < -0.39 is 0 Å². The number of hydrogen-bond donors (Lipinski definition) is 0. The Labute approximate surface area is 108 Å². The summed E-state index contributed by atoms with van der Waals surface area (Å²) in [6, 6.07) is 1.49. The lowest BCUT2D eigenvalue weighted by Crippen LogP contribution is -2.53. The van der Waals surface area contributed by atoms with Crippen molar-refractivity contribution in [3.05, 3.63) is 0 Å². The molecule has 1 fully saturated rings. The van der Waals surface area contributed by atoms with Gasteiger partial charge in [0, 0.05) is 38.3 Å². The molecule has 0 aliphatic carbocycles. The predicted molar refractivity (Wildman–Crippen MR) is 76.4 cm³/mol. The molecule has 0 aromatic rings. The fourth-order valence-electron chi connectivity index (χ4n) is 2.91. The standard InChI is InChI=1S/C15H32N2/c1-12(2)11-15(13(3)4)17-9-7-16(8-10-17)14(5)6/h12-15H,7-11H2,1-6H3. The zero-order chi connectivity index (χ0) is 13.0. The minimum Gasteiger partial charge on any atom is -0.298 e. The van der Waals surface area contributed by atoms with E-state index in [0.29, 0.717) is 6.04 Å². The Hall–Kier alpha value is -0.0800. The molecule has 17 heavy (non-hydrogen) atoms. The lowest BCUT2D eigenvalue weighted by atomic mass is 9.92. The summed E-state index contributed by atoms with van der Waals surface area (Å²) >= 11 is 0. The summed E-state index contributed by atoms with van der Waals surface area (Å²) in [6.07, 6.45) is 1.35. The Balaban J connectivity index is 2.49. The summed E-state index contributed by atoms with van der Waals surface area (Å²) in [5, 5.41) is 0. The van der Waals surface area contributed by atoms with Gasteiger partial charge in [-0.15, -0.1) is 0 Å². The van der Waals surface area contributed by atoms with Crippen LogP contribution in [-0.2, 0) is 0 Å². The highest BCUT2D eigenvalue weighted by Gasteiger charge is 2.27. The van der Waals surface area contributed by atoms with Gasteiger partial charge < -0.3 is 0 Å². The third-order valence-electron chi connectivity index (χ3n) is 4.03. The molecule has 0 aromatic heterocycles. The van der Waals surface area contributed by atoms with Gasteiger partial charge in [0.2, 0.25) is 0 Å². The van der Waals surface area contributed by atoms with Crippen molar-refractivity contribution in [2.45, 2.75) is 60.0 Å². The molecule has 0 spiro atoms. The van der Waals surface area contributed by atoms with Crippen molar-refractivity contribution in [1.82, 2.24) is 9.80 Å². The van der Waals surface area contributed by atoms with Gasteiger partial charge >= 0.3 is 0 Å². The maximum Gasteiger partial charge on any atom is 0.0122 e. The largest absolute Gasteiger partial charge is 0.298 e. The van der Waals surface area contributed by atoms with Crippen LogP contribution in [0.5, 0.6) is 0 Å². The molecule has 0 bridgehead atoms. The van der Waals surface area contributed by atoms with Crippen LogP contribution in [0.1, 0.15) is 48.0 Å². The summed E-state index contributed by atoms with van der Waals surface area (Å²) < 4.78 is 0. The Kier molecular flexibility index (Phi) is 5.94. The summed E-state index contributed by atoms with van der Waals surface area (Å²) in [7, 11) is 0. The van der Waals surface area contributed by atoms with E-state index >= 15 is 0 Å². The van der Waals surface area contributed by atoms with E-state index in [4.69, 9.17) is 0 Å². The molecule has 0 amide bonds. The van der Waals surface area contributed by atoms with Gasteiger partial charge in [-0.05, 0) is 32.1 Å². The van der Waals surface area contributed by atoms with Crippen LogP contribution in [0.15, 0.2) is 0 Å². The van der Waals surface area contributed by atoms with Gasteiger partial charge in [-0.25, -0.2) is 0 Å². The lowest BCUT2D eigenvalue weighted by molar-refractivity contribution is 0.0532. The molecule has 1 saturated heterocycles. The second kappa shape index (κ2) is 6.75. The van der Waals surface area contributed by atoms with Crippen molar-refractivity contribution >= 4 is 0 Å². The van der Waals surface area contributed by atoms with Crippen LogP contribution < -0.4 is 0 Å². The third-order valence-corrected chi connectivity index (χ3v) is 4.03. The van der Waals surface area contributed by atoms with Gasteiger partial charge in [0.15, 0.2) is 0 Å². The topological polar surface area (TPSA) is 6.48 Å². The molecule has 1 aliphatic heterocycles. The lowest BCUT2D eigenvalue weighted by Gasteiger charge is -2.42. The number of hydrogen-bond acceptors (Lipinski definition) is 2. The highest BCUT2D eigenvalue weighted by atomic mass is 15.3. The van der Waals surface area contributed by atoms with E-state index in [0.717, 1.165) is 17.9 Å². The summed E-state index contributed by atoms with van der Waals surface area (Å²) in [4.78, 5) is 5.33. The van der Waals surface area contributed by atoms with Crippen molar-refractivity contribution in [3.8, 4) is 0 Å². The number of nitrogens with zero attached hydrogens (tertiary/aromatic N) is 2. The number of piperazine rings is 1. The first-order valence-electron chi connectivity index (χ1n) is 7.40. The van der Waals surface area contributed by atoms with Crippen LogP contribution in [0.25, 0.3) is 0 Å². The fourth-order valence-corrected chi connectivity index (χ4v) is 2.91. The highest BCUT2D eigenvalue weighted by molar-refractivity contribution is 4.82. The molecule has 1 atom stereocenters. The van der Waals surface area contributed by atoms with E-state index in [9.17, 15) is 0 Å². The quantitative estimate of drug-likeness (QED) is 0.728. The summed E-state index contributed by atoms with van der Waals surface area (Å²) in [5.74, 6) is 1.59. The maximum absolute atomic E-state index is 2.73. The van der Waals surface area contributed by atoms with Crippen LogP contribution >= 0.6 is 0 Å². The molecule has 1 heterocycles. The smallest absolute Gasteiger partial charge is 0.0122 e. The SMILES string of the molecule is CC(C)CC(C(C)C)N1CCN(C(C)C)CC1. The second-order valence-electron chi connectivity index (χ2n) is 6.61. The van der Waals surface area contributed by atoms with Crippen molar-refractivity contribution in [2.24, 2.45) is 11.8 Å². The Morgan fingerprint density at radius 2 is 1.24 bits per heavy atom. The monoisotopic (exact) mass is 240 g/mol. The van der Waals surface area contributed by atoms with Crippen molar-refractivity contribution in [1.29, 1.82) is 0 Å². The maximum atomic E-state index is 2.73. The molecule has 0 radical (unpaired) electrons. The van der Waals surface area contributed by atoms with Gasteiger partial charge in [-0.2, -0.15) is 0 Å². The molecular weight excluding hydrogens is 208 g/mol. The van der Waals surface area contributed by atoms with Crippen LogP contribution in [-0.4, -0.2) is 48.1 Å². The molecule has 2 nitrogen and oxygen atoms in total. The molecule has 0 aromatic carbocycles. The number of rotatable bonds is 5. The first-order valence-corrected chi connectivity index (χ1v) is 7.40. The van der Waals surface area contributed by atoms with Crippen LogP contribution in [0.3, 0.4) is 0 Å². The van der Waals surface area contributed by atoms with Gasteiger partial charge in [0.25, 0.3) is 0 Å². The van der Waals surface area contributed by atoms with Crippen molar-refractivity contribution < 1.29 is 0 Å². The molecule has 102 valence electrons. The Morgan fingerprint density at radius 3 is 1.59 bits per heavy atom. The minimum atomic E-state index is 0.708. The third kappa shape index (κ3) is 4.59. The summed E-state index contributed by atoms with van der Waals surface area (Å²) in [6.45, 7) is 19.1. The Bertz CT molecular complexity index is 203. The highest BCUT2D eigenvalue weighted by Crippen LogP contribution is 2.21. The van der Waals surface area contributed by atoms with Gasteiger partial charge in [-0.1, -0.05) is 27.7 Å². The van der Waals surface area contributed by atoms with Gasteiger partial charge in [0.1, 0.15) is 0 Å². The first-order chi connectivity index (χ1) is 7.91.